The number of rotatable bonds is 5. The monoisotopic (exact) mass is 433 g/mol. The lowest BCUT2D eigenvalue weighted by Gasteiger charge is -2.09. The Morgan fingerprint density at radius 1 is 1.16 bits per heavy atom. The second-order valence-corrected chi connectivity index (χ2v) is 8.00. The van der Waals surface area contributed by atoms with Crippen LogP contribution < -0.4 is 4.74 Å². The summed E-state index contributed by atoms with van der Waals surface area (Å²) < 4.78 is 7.46. The predicted octanol–water partition coefficient (Wildman–Crippen LogP) is 5.25. The van der Waals surface area contributed by atoms with Crippen molar-refractivity contribution in [3.63, 3.8) is 0 Å². The molecule has 0 unspecified atom stereocenters. The Balaban J connectivity index is 1.64. The van der Waals surface area contributed by atoms with Crippen molar-refractivity contribution in [3.8, 4) is 5.75 Å². The quantitative estimate of drug-likeness (QED) is 0.475. The van der Waals surface area contributed by atoms with E-state index in [0.717, 1.165) is 21.3 Å². The highest BCUT2D eigenvalue weighted by molar-refractivity contribution is 9.10. The number of hydrogen-bond acceptors (Lipinski definition) is 4. The maximum Gasteiger partial charge on any atom is 0.266 e. The number of likely N-dealkylation sites (N-methyl/N-ethyl adjacent to an activating group) is 1. The summed E-state index contributed by atoms with van der Waals surface area (Å²) in [6.45, 7) is 3.04. The fourth-order valence-corrected chi connectivity index (χ4v) is 3.98. The van der Waals surface area contributed by atoms with Crippen LogP contribution in [0.2, 0.25) is 0 Å². The smallest absolute Gasteiger partial charge is 0.266 e. The molecule has 0 N–H and O–H groups in total. The third-order valence-corrected chi connectivity index (χ3v) is 5.59. The third kappa shape index (κ3) is 4.51. The number of amides is 1. The van der Waals surface area contributed by atoms with Crippen molar-refractivity contribution in [3.05, 3.63) is 69.0 Å². The molecule has 0 bridgehead atoms. The zero-order valence-electron chi connectivity index (χ0n) is 13.6. The van der Waals surface area contributed by atoms with Crippen molar-refractivity contribution in [2.24, 2.45) is 0 Å². The molecule has 0 radical (unpaired) electrons. The molecule has 2 aromatic rings. The summed E-state index contributed by atoms with van der Waals surface area (Å²) >= 11 is 9.99. The van der Waals surface area contributed by atoms with Crippen LogP contribution in [0.1, 0.15) is 18.1 Å². The molecule has 1 saturated heterocycles. The van der Waals surface area contributed by atoms with Crippen LogP contribution in [0.5, 0.6) is 5.75 Å². The molecule has 1 aliphatic rings. The highest BCUT2D eigenvalue weighted by Crippen LogP contribution is 2.32. The van der Waals surface area contributed by atoms with Crippen molar-refractivity contribution >= 4 is 56.2 Å². The number of halogens is 1. The molecule has 0 atom stereocenters. The lowest BCUT2D eigenvalue weighted by molar-refractivity contribution is -0.121. The van der Waals surface area contributed by atoms with Gasteiger partial charge in [0.15, 0.2) is 0 Å². The third-order valence-electron chi connectivity index (χ3n) is 3.69. The fourth-order valence-electron chi connectivity index (χ4n) is 2.33. The van der Waals surface area contributed by atoms with Gasteiger partial charge in [-0.05, 0) is 48.4 Å². The molecule has 3 rings (SSSR count). The summed E-state index contributed by atoms with van der Waals surface area (Å²) in [4.78, 5) is 14.5. The Morgan fingerprint density at radius 2 is 1.84 bits per heavy atom. The highest BCUT2D eigenvalue weighted by Gasteiger charge is 2.30. The van der Waals surface area contributed by atoms with Crippen molar-refractivity contribution in [1.29, 1.82) is 0 Å². The van der Waals surface area contributed by atoms with Gasteiger partial charge in [0.2, 0.25) is 0 Å². The van der Waals surface area contributed by atoms with Crippen molar-refractivity contribution in [1.82, 2.24) is 4.90 Å². The lowest BCUT2D eigenvalue weighted by Crippen LogP contribution is -2.27. The van der Waals surface area contributed by atoms with Gasteiger partial charge in [0.25, 0.3) is 5.91 Å². The van der Waals surface area contributed by atoms with E-state index >= 15 is 0 Å². The SMILES string of the molecule is CCN1C(=O)/C(=C\c2ccc(OCc3ccc(Br)cc3)cc2)SC1=S. The number of carbonyl (C=O) groups is 1. The van der Waals surface area contributed by atoms with Gasteiger partial charge in [-0.25, -0.2) is 0 Å². The highest BCUT2D eigenvalue weighted by atomic mass is 79.9. The Labute approximate surface area is 165 Å². The molecule has 25 heavy (non-hydrogen) atoms. The molecule has 2 aromatic carbocycles. The summed E-state index contributed by atoms with van der Waals surface area (Å²) in [6, 6.07) is 15.7. The summed E-state index contributed by atoms with van der Waals surface area (Å²) in [5, 5.41) is 0. The number of nitrogens with zero attached hydrogens (tertiary/aromatic N) is 1. The van der Waals surface area contributed by atoms with Gasteiger partial charge in [-0.15, -0.1) is 0 Å². The van der Waals surface area contributed by atoms with E-state index in [1.807, 2.05) is 61.5 Å². The van der Waals surface area contributed by atoms with Gasteiger partial charge < -0.3 is 4.74 Å². The van der Waals surface area contributed by atoms with Gasteiger partial charge in [-0.3, -0.25) is 9.69 Å². The van der Waals surface area contributed by atoms with E-state index < -0.39 is 0 Å². The summed E-state index contributed by atoms with van der Waals surface area (Å²) in [5.74, 6) is 0.772. The standard InChI is InChI=1S/C19H16BrNO2S2/c1-2-21-18(22)17(25-19(21)24)11-13-5-9-16(10-6-13)23-12-14-3-7-15(20)8-4-14/h3-11H,2,12H2,1H3/b17-11+. The van der Waals surface area contributed by atoms with Crippen LogP contribution in [-0.2, 0) is 11.4 Å². The Kier molecular flexibility index (Phi) is 5.93. The van der Waals surface area contributed by atoms with E-state index in [2.05, 4.69) is 15.9 Å². The van der Waals surface area contributed by atoms with Crippen LogP contribution in [0.3, 0.4) is 0 Å². The molecule has 1 heterocycles. The molecule has 0 aliphatic carbocycles. The van der Waals surface area contributed by atoms with Crippen LogP contribution in [0.25, 0.3) is 6.08 Å². The molecule has 0 spiro atoms. The first-order valence-electron chi connectivity index (χ1n) is 7.79. The van der Waals surface area contributed by atoms with Gasteiger partial charge in [-0.1, -0.05) is 64.2 Å². The van der Waals surface area contributed by atoms with Crippen molar-refractivity contribution in [2.75, 3.05) is 6.54 Å². The molecular formula is C19H16BrNO2S2. The molecule has 128 valence electrons. The molecule has 1 fully saturated rings. The zero-order chi connectivity index (χ0) is 17.8. The Morgan fingerprint density at radius 3 is 2.44 bits per heavy atom. The van der Waals surface area contributed by atoms with E-state index in [0.29, 0.717) is 22.4 Å². The van der Waals surface area contributed by atoms with Gasteiger partial charge in [0.1, 0.15) is 16.7 Å². The molecule has 6 heteroatoms. The van der Waals surface area contributed by atoms with Gasteiger partial charge >= 0.3 is 0 Å². The number of carbonyl (C=O) groups excluding carboxylic acids is 1. The molecule has 1 aliphatic heterocycles. The van der Waals surface area contributed by atoms with Crippen LogP contribution in [0.15, 0.2) is 57.9 Å². The average molecular weight is 434 g/mol. The first-order valence-corrected chi connectivity index (χ1v) is 9.81. The second-order valence-electron chi connectivity index (χ2n) is 5.41. The van der Waals surface area contributed by atoms with Gasteiger partial charge in [0, 0.05) is 11.0 Å². The summed E-state index contributed by atoms with van der Waals surface area (Å²) in [7, 11) is 0. The molecule has 0 saturated carbocycles. The van der Waals surface area contributed by atoms with E-state index in [9.17, 15) is 4.79 Å². The van der Waals surface area contributed by atoms with E-state index in [1.165, 1.54) is 11.8 Å². The largest absolute Gasteiger partial charge is 0.489 e. The van der Waals surface area contributed by atoms with Crippen LogP contribution >= 0.6 is 39.9 Å². The van der Waals surface area contributed by atoms with Crippen molar-refractivity contribution in [2.45, 2.75) is 13.5 Å². The average Bonchev–Trinajstić information content (AvgIpc) is 2.88. The predicted molar refractivity (Wildman–Crippen MR) is 110 cm³/mol. The molecular weight excluding hydrogens is 418 g/mol. The minimum atomic E-state index is -0.0203. The minimum Gasteiger partial charge on any atom is -0.489 e. The van der Waals surface area contributed by atoms with Gasteiger partial charge in [0.05, 0.1) is 4.91 Å². The maximum atomic E-state index is 12.2. The maximum absolute atomic E-state index is 12.2. The zero-order valence-corrected chi connectivity index (χ0v) is 16.8. The van der Waals surface area contributed by atoms with Crippen molar-refractivity contribution < 1.29 is 9.53 Å². The second kappa shape index (κ2) is 8.17. The summed E-state index contributed by atoms with van der Waals surface area (Å²) in [5.41, 5.74) is 2.06. The van der Waals surface area contributed by atoms with E-state index in [-0.39, 0.29) is 5.91 Å². The van der Waals surface area contributed by atoms with Crippen LogP contribution in [0, 0.1) is 0 Å². The van der Waals surface area contributed by atoms with Gasteiger partial charge in [-0.2, -0.15) is 0 Å². The van der Waals surface area contributed by atoms with Crippen LogP contribution in [0.4, 0.5) is 0 Å². The lowest BCUT2D eigenvalue weighted by atomic mass is 10.2. The summed E-state index contributed by atoms with van der Waals surface area (Å²) in [6.07, 6.45) is 1.87. The Bertz CT molecular complexity index is 816. The molecule has 0 aromatic heterocycles. The molecule has 3 nitrogen and oxygen atoms in total. The molecule has 1 amide bonds. The normalized spacial score (nSPS) is 15.9. The number of thioether (sulfide) groups is 1. The minimum absolute atomic E-state index is 0.0203. The van der Waals surface area contributed by atoms with E-state index in [1.54, 1.807) is 4.90 Å². The number of benzene rings is 2. The van der Waals surface area contributed by atoms with Crippen LogP contribution in [-0.4, -0.2) is 21.7 Å². The fraction of sp³-hybridized carbons (Fsp3) is 0.158. The Hall–Kier alpha value is -1.63. The topological polar surface area (TPSA) is 29.5 Å². The first-order chi connectivity index (χ1) is 12.1. The first kappa shape index (κ1) is 18.2. The number of hydrogen-bond donors (Lipinski definition) is 0. The van der Waals surface area contributed by atoms with E-state index in [4.69, 9.17) is 17.0 Å². The number of thiocarbonyl (C=S) groups is 1. The number of ether oxygens (including phenoxy) is 1.